The molecule has 3 fully saturated rings. The molecule has 5 nitrogen and oxygen atoms in total. The van der Waals surface area contributed by atoms with E-state index < -0.39 is 0 Å². The first kappa shape index (κ1) is 18.0. The Balaban J connectivity index is 1.66. The van der Waals surface area contributed by atoms with Crippen molar-refractivity contribution in [3.63, 3.8) is 0 Å². The molecule has 0 spiro atoms. The van der Waals surface area contributed by atoms with Gasteiger partial charge in [0.05, 0.1) is 0 Å². The van der Waals surface area contributed by atoms with Crippen molar-refractivity contribution < 1.29 is 14.3 Å². The molecule has 2 unspecified atom stereocenters. The third-order valence-electron chi connectivity index (χ3n) is 6.87. The average molecular weight is 358 g/mol. The van der Waals surface area contributed by atoms with E-state index in [1.165, 1.54) is 19.3 Å². The van der Waals surface area contributed by atoms with Crippen molar-refractivity contribution in [2.75, 3.05) is 33.4 Å². The summed E-state index contributed by atoms with van der Waals surface area (Å²) in [5.74, 6) is 0.528. The highest BCUT2D eigenvalue weighted by Crippen LogP contribution is 2.52. The van der Waals surface area contributed by atoms with Crippen molar-refractivity contribution in [1.82, 2.24) is 4.90 Å². The molecule has 0 radical (unpaired) electrons. The van der Waals surface area contributed by atoms with Gasteiger partial charge in [0, 0.05) is 56.9 Å². The summed E-state index contributed by atoms with van der Waals surface area (Å²) in [6, 6.07) is 8.45. The molecule has 3 aliphatic rings. The summed E-state index contributed by atoms with van der Waals surface area (Å²) in [4.78, 5) is 14.4. The number of amides is 1. The average Bonchev–Trinajstić information content (AvgIpc) is 2.67. The molecule has 4 rings (SSSR count). The first-order chi connectivity index (χ1) is 12.6. The van der Waals surface area contributed by atoms with E-state index in [-0.39, 0.29) is 11.5 Å². The summed E-state index contributed by atoms with van der Waals surface area (Å²) in [5.41, 5.74) is 6.93. The molecule has 2 N–H and O–H groups in total. The van der Waals surface area contributed by atoms with E-state index in [0.717, 1.165) is 44.7 Å². The number of primary amides is 1. The van der Waals surface area contributed by atoms with Crippen LogP contribution in [0.4, 0.5) is 0 Å². The molecule has 1 saturated carbocycles. The zero-order valence-electron chi connectivity index (χ0n) is 15.7. The fraction of sp³-hybridized carbons (Fsp3) is 0.667. The molecule has 2 atom stereocenters. The van der Waals surface area contributed by atoms with Gasteiger partial charge in [0.2, 0.25) is 5.91 Å². The smallest absolute Gasteiger partial charge is 0.248 e. The maximum atomic E-state index is 11.7. The number of nitrogens with zero attached hydrogens (tertiary/aromatic N) is 1. The monoisotopic (exact) mass is 358 g/mol. The molecule has 1 aromatic carbocycles. The fourth-order valence-electron chi connectivity index (χ4n) is 5.65. The third kappa shape index (κ3) is 2.96. The summed E-state index contributed by atoms with van der Waals surface area (Å²) in [6.45, 7) is 3.89. The number of benzene rings is 1. The number of ether oxygens (including phenoxy) is 2. The number of piperidine rings is 1. The first-order valence-electron chi connectivity index (χ1n) is 9.92. The van der Waals surface area contributed by atoms with Crippen LogP contribution in [0.25, 0.3) is 0 Å². The fourth-order valence-corrected chi connectivity index (χ4v) is 5.65. The number of hydrogen-bond donors (Lipinski definition) is 1. The zero-order chi connectivity index (χ0) is 18.1. The van der Waals surface area contributed by atoms with Crippen molar-refractivity contribution in [2.45, 2.75) is 43.7 Å². The van der Waals surface area contributed by atoms with E-state index in [4.69, 9.17) is 15.2 Å². The lowest BCUT2D eigenvalue weighted by Crippen LogP contribution is -2.61. The summed E-state index contributed by atoms with van der Waals surface area (Å²) >= 11 is 0. The van der Waals surface area contributed by atoms with E-state index in [1.54, 1.807) is 6.07 Å². The van der Waals surface area contributed by atoms with Crippen molar-refractivity contribution >= 4 is 5.91 Å². The van der Waals surface area contributed by atoms with Crippen LogP contribution in [0.5, 0.6) is 0 Å². The maximum absolute atomic E-state index is 11.7. The van der Waals surface area contributed by atoms with E-state index in [9.17, 15) is 4.79 Å². The van der Waals surface area contributed by atoms with Gasteiger partial charge in [0.1, 0.15) is 5.60 Å². The van der Waals surface area contributed by atoms with Crippen LogP contribution in [-0.2, 0) is 15.1 Å². The number of fused-ring (bicyclic) bond motifs is 2. The summed E-state index contributed by atoms with van der Waals surface area (Å²) in [5, 5.41) is 0. The van der Waals surface area contributed by atoms with Crippen LogP contribution in [0.3, 0.4) is 0 Å². The Kier molecular flexibility index (Phi) is 5.04. The minimum Gasteiger partial charge on any atom is -0.381 e. The zero-order valence-corrected chi connectivity index (χ0v) is 15.7. The number of rotatable bonds is 4. The van der Waals surface area contributed by atoms with Gasteiger partial charge in [0.25, 0.3) is 0 Å². The highest BCUT2D eigenvalue weighted by Gasteiger charge is 2.53. The standard InChI is InChI=1S/C21H30N2O3/c1-25-21(16-5-2-4-15(12-16)20(22)24)17-6-3-7-18(21)14-23(13-17)19-8-10-26-11-9-19/h2,4-5,12,17-19H,3,6-11,13-14H2,1H3,(H2,22,24). The Morgan fingerprint density at radius 3 is 2.50 bits per heavy atom. The van der Waals surface area contributed by atoms with E-state index in [0.29, 0.717) is 23.4 Å². The first-order valence-corrected chi connectivity index (χ1v) is 9.92. The molecule has 2 saturated heterocycles. The third-order valence-corrected chi connectivity index (χ3v) is 6.87. The quantitative estimate of drug-likeness (QED) is 0.898. The van der Waals surface area contributed by atoms with Gasteiger partial charge in [-0.25, -0.2) is 0 Å². The number of methoxy groups -OCH3 is 1. The Labute approximate surface area is 155 Å². The minimum absolute atomic E-state index is 0.300. The van der Waals surface area contributed by atoms with Crippen LogP contribution < -0.4 is 5.73 Å². The number of carbonyl (C=O) groups excluding carboxylic acids is 1. The summed E-state index contributed by atoms with van der Waals surface area (Å²) in [6.07, 6.45) is 5.88. The second-order valence-electron chi connectivity index (χ2n) is 8.06. The van der Waals surface area contributed by atoms with Gasteiger partial charge in [-0.15, -0.1) is 0 Å². The highest BCUT2D eigenvalue weighted by molar-refractivity contribution is 5.92. The SMILES string of the molecule is COC1(c2cccc(C(N)=O)c2)C2CCCC1CN(C1CCOCC1)C2. The van der Waals surface area contributed by atoms with E-state index in [1.807, 2.05) is 19.2 Å². The molecule has 2 aliphatic heterocycles. The number of hydrogen-bond acceptors (Lipinski definition) is 4. The molecular formula is C21H30N2O3. The van der Waals surface area contributed by atoms with Crippen molar-refractivity contribution in [3.8, 4) is 0 Å². The predicted octanol–water partition coefficient (Wildman–Crippen LogP) is 2.54. The van der Waals surface area contributed by atoms with Gasteiger partial charge in [-0.3, -0.25) is 9.69 Å². The Bertz CT molecular complexity index is 642. The van der Waals surface area contributed by atoms with Gasteiger partial charge in [-0.1, -0.05) is 18.6 Å². The van der Waals surface area contributed by atoms with Gasteiger partial charge < -0.3 is 15.2 Å². The lowest BCUT2D eigenvalue weighted by Gasteiger charge is -2.57. The van der Waals surface area contributed by atoms with Crippen LogP contribution in [0.15, 0.2) is 24.3 Å². The number of nitrogens with two attached hydrogens (primary N) is 1. The van der Waals surface area contributed by atoms with Crippen molar-refractivity contribution in [3.05, 3.63) is 35.4 Å². The van der Waals surface area contributed by atoms with Gasteiger partial charge >= 0.3 is 0 Å². The lowest BCUT2D eigenvalue weighted by molar-refractivity contribution is -0.177. The number of carbonyl (C=O) groups is 1. The second-order valence-corrected chi connectivity index (χ2v) is 8.06. The molecule has 142 valence electrons. The number of likely N-dealkylation sites (tertiary alicyclic amines) is 1. The largest absolute Gasteiger partial charge is 0.381 e. The van der Waals surface area contributed by atoms with Gasteiger partial charge in [-0.2, -0.15) is 0 Å². The van der Waals surface area contributed by atoms with Gasteiger partial charge in [0.15, 0.2) is 0 Å². The molecule has 0 aromatic heterocycles. The molecule has 2 heterocycles. The summed E-state index contributed by atoms with van der Waals surface area (Å²) < 4.78 is 11.9. The molecule has 1 aromatic rings. The summed E-state index contributed by atoms with van der Waals surface area (Å²) in [7, 11) is 1.84. The van der Waals surface area contributed by atoms with Crippen LogP contribution in [0.1, 0.15) is 48.0 Å². The lowest BCUT2D eigenvalue weighted by atomic mass is 9.62. The second kappa shape index (κ2) is 7.29. The van der Waals surface area contributed by atoms with Crippen LogP contribution in [-0.4, -0.2) is 50.3 Å². The van der Waals surface area contributed by atoms with Crippen LogP contribution >= 0.6 is 0 Å². The van der Waals surface area contributed by atoms with Crippen LogP contribution in [0, 0.1) is 11.8 Å². The van der Waals surface area contributed by atoms with E-state index in [2.05, 4.69) is 11.0 Å². The minimum atomic E-state index is -0.372. The highest BCUT2D eigenvalue weighted by atomic mass is 16.5. The Morgan fingerprint density at radius 1 is 1.19 bits per heavy atom. The van der Waals surface area contributed by atoms with Crippen LogP contribution in [0.2, 0.25) is 0 Å². The molecule has 1 aliphatic carbocycles. The van der Waals surface area contributed by atoms with Gasteiger partial charge in [-0.05, 0) is 43.4 Å². The van der Waals surface area contributed by atoms with E-state index >= 15 is 0 Å². The molecular weight excluding hydrogens is 328 g/mol. The molecule has 5 heteroatoms. The van der Waals surface area contributed by atoms with Crippen molar-refractivity contribution in [1.29, 1.82) is 0 Å². The normalized spacial score (nSPS) is 33.1. The topological polar surface area (TPSA) is 64.8 Å². The molecule has 2 bridgehead atoms. The van der Waals surface area contributed by atoms with Crippen molar-refractivity contribution in [2.24, 2.45) is 17.6 Å². The Hall–Kier alpha value is -1.43. The Morgan fingerprint density at radius 2 is 1.88 bits per heavy atom. The molecule has 1 amide bonds. The molecule has 26 heavy (non-hydrogen) atoms. The maximum Gasteiger partial charge on any atom is 0.248 e. The predicted molar refractivity (Wildman–Crippen MR) is 99.9 cm³/mol.